The number of furan rings is 1. The largest absolute Gasteiger partial charge is 0.462 e. The Morgan fingerprint density at radius 3 is 2.13 bits per heavy atom. The molecule has 0 aliphatic carbocycles. The van der Waals surface area contributed by atoms with Crippen molar-refractivity contribution in [3.05, 3.63) is 54.0 Å². The molecule has 2 amide bonds. The highest BCUT2D eigenvalue weighted by Gasteiger charge is 2.07. The molecule has 23 heavy (non-hydrogen) atoms. The van der Waals surface area contributed by atoms with Gasteiger partial charge < -0.3 is 15.1 Å². The number of hydrogen-bond acceptors (Lipinski definition) is 3. The number of nitrogens with one attached hydrogen (secondary N) is 2. The second-order valence-electron chi connectivity index (χ2n) is 5.49. The zero-order valence-corrected chi connectivity index (χ0v) is 13.4. The summed E-state index contributed by atoms with van der Waals surface area (Å²) in [6.07, 6.45) is 3.02. The molecule has 1 aromatic heterocycles. The van der Waals surface area contributed by atoms with Crippen molar-refractivity contribution in [1.29, 1.82) is 0 Å². The molecule has 1 aromatic carbocycles. The molecular formula is C18H20N2O3. The quantitative estimate of drug-likeness (QED) is 0.824. The lowest BCUT2D eigenvalue weighted by molar-refractivity contribution is -0.119. The second-order valence-corrected chi connectivity index (χ2v) is 5.49. The van der Waals surface area contributed by atoms with Crippen LogP contribution in [0.5, 0.6) is 0 Å². The molecule has 2 N–H and O–H groups in total. The molecule has 0 saturated heterocycles. The predicted octanol–water partition coefficient (Wildman–Crippen LogP) is 3.83. The summed E-state index contributed by atoms with van der Waals surface area (Å²) in [6, 6.07) is 10.6. The van der Waals surface area contributed by atoms with Gasteiger partial charge in [0.15, 0.2) is 0 Å². The van der Waals surface area contributed by atoms with Crippen molar-refractivity contribution in [1.82, 2.24) is 0 Å². The first kappa shape index (κ1) is 16.5. The van der Waals surface area contributed by atoms with E-state index in [1.165, 1.54) is 6.08 Å². The number of rotatable bonds is 5. The summed E-state index contributed by atoms with van der Waals surface area (Å²) in [7, 11) is 0. The van der Waals surface area contributed by atoms with Crippen molar-refractivity contribution >= 4 is 29.3 Å². The number of hydrogen-bond donors (Lipinski definition) is 2. The maximum atomic E-state index is 11.8. The van der Waals surface area contributed by atoms with E-state index in [4.69, 9.17) is 4.42 Å². The Kier molecular flexibility index (Phi) is 5.36. The summed E-state index contributed by atoms with van der Waals surface area (Å²) >= 11 is 0. The van der Waals surface area contributed by atoms with E-state index in [1.54, 1.807) is 36.4 Å². The van der Waals surface area contributed by atoms with Gasteiger partial charge in [0, 0.05) is 23.4 Å². The standard InChI is InChI=1S/C18H20N2O3/c1-12(2)18(22)20-15-7-5-14(6-8-15)19-17(21)11-10-16-9-4-13(3)23-16/h4-12H,1-3H3,(H,19,21)(H,20,22)/b11-10+. The summed E-state index contributed by atoms with van der Waals surface area (Å²) in [5.41, 5.74) is 1.35. The molecule has 0 radical (unpaired) electrons. The number of amides is 2. The predicted molar refractivity (Wildman–Crippen MR) is 91.0 cm³/mol. The maximum absolute atomic E-state index is 11.8. The third-order valence-corrected chi connectivity index (χ3v) is 3.10. The lowest BCUT2D eigenvalue weighted by Crippen LogP contribution is -2.17. The zero-order valence-electron chi connectivity index (χ0n) is 13.4. The highest BCUT2D eigenvalue weighted by Crippen LogP contribution is 2.15. The van der Waals surface area contributed by atoms with Gasteiger partial charge in [-0.05, 0) is 49.4 Å². The third-order valence-electron chi connectivity index (χ3n) is 3.10. The molecule has 120 valence electrons. The first-order valence-corrected chi connectivity index (χ1v) is 7.40. The lowest BCUT2D eigenvalue weighted by Gasteiger charge is -2.08. The average Bonchev–Trinajstić information content (AvgIpc) is 2.92. The smallest absolute Gasteiger partial charge is 0.248 e. The molecule has 0 spiro atoms. The highest BCUT2D eigenvalue weighted by atomic mass is 16.3. The van der Waals surface area contributed by atoms with E-state index in [-0.39, 0.29) is 17.7 Å². The normalized spacial score (nSPS) is 11.0. The van der Waals surface area contributed by atoms with Crippen LogP contribution in [0.2, 0.25) is 0 Å². The minimum absolute atomic E-state index is 0.0431. The van der Waals surface area contributed by atoms with Crippen LogP contribution in [-0.4, -0.2) is 11.8 Å². The summed E-state index contributed by atoms with van der Waals surface area (Å²) < 4.78 is 5.35. The average molecular weight is 312 g/mol. The Labute approximate surface area is 135 Å². The van der Waals surface area contributed by atoms with E-state index in [1.807, 2.05) is 26.8 Å². The SMILES string of the molecule is Cc1ccc(/C=C/C(=O)Nc2ccc(NC(=O)C(C)C)cc2)o1. The Bertz CT molecular complexity index is 712. The van der Waals surface area contributed by atoms with Crippen LogP contribution in [0.1, 0.15) is 25.4 Å². The van der Waals surface area contributed by atoms with Crippen molar-refractivity contribution in [3.8, 4) is 0 Å². The molecule has 2 rings (SSSR count). The third kappa shape index (κ3) is 5.14. The second kappa shape index (κ2) is 7.45. The molecule has 0 unspecified atom stereocenters. The van der Waals surface area contributed by atoms with Crippen LogP contribution in [0.25, 0.3) is 6.08 Å². The molecule has 5 nitrogen and oxygen atoms in total. The molecule has 0 saturated carbocycles. The molecule has 0 aliphatic rings. The number of benzene rings is 1. The van der Waals surface area contributed by atoms with E-state index < -0.39 is 0 Å². The van der Waals surface area contributed by atoms with Gasteiger partial charge in [0.1, 0.15) is 11.5 Å². The lowest BCUT2D eigenvalue weighted by atomic mass is 10.2. The van der Waals surface area contributed by atoms with E-state index in [2.05, 4.69) is 10.6 Å². The summed E-state index contributed by atoms with van der Waals surface area (Å²) in [4.78, 5) is 23.4. The van der Waals surface area contributed by atoms with Crippen LogP contribution in [0.3, 0.4) is 0 Å². The van der Waals surface area contributed by atoms with Gasteiger partial charge in [-0.2, -0.15) is 0 Å². The van der Waals surface area contributed by atoms with Crippen LogP contribution in [0.4, 0.5) is 11.4 Å². The Balaban J connectivity index is 1.91. The molecule has 0 aliphatic heterocycles. The Morgan fingerprint density at radius 1 is 1.00 bits per heavy atom. The molecule has 2 aromatic rings. The molecule has 5 heteroatoms. The Morgan fingerprint density at radius 2 is 1.61 bits per heavy atom. The van der Waals surface area contributed by atoms with Crippen LogP contribution in [0, 0.1) is 12.8 Å². The van der Waals surface area contributed by atoms with Crippen LogP contribution < -0.4 is 10.6 Å². The van der Waals surface area contributed by atoms with Gasteiger partial charge in [0.25, 0.3) is 0 Å². The van der Waals surface area contributed by atoms with E-state index >= 15 is 0 Å². The maximum Gasteiger partial charge on any atom is 0.248 e. The van der Waals surface area contributed by atoms with Gasteiger partial charge in [-0.25, -0.2) is 0 Å². The number of aryl methyl sites for hydroxylation is 1. The topological polar surface area (TPSA) is 71.3 Å². The fraction of sp³-hybridized carbons (Fsp3) is 0.222. The summed E-state index contributed by atoms with van der Waals surface area (Å²) in [5, 5.41) is 5.53. The van der Waals surface area contributed by atoms with Gasteiger partial charge in [0.05, 0.1) is 0 Å². The molecular weight excluding hydrogens is 292 g/mol. The monoisotopic (exact) mass is 312 g/mol. The van der Waals surface area contributed by atoms with Crippen molar-refractivity contribution in [2.75, 3.05) is 10.6 Å². The minimum Gasteiger partial charge on any atom is -0.462 e. The fourth-order valence-corrected chi connectivity index (χ4v) is 1.81. The molecule has 0 bridgehead atoms. The van der Waals surface area contributed by atoms with Crippen LogP contribution in [0.15, 0.2) is 46.9 Å². The fourth-order valence-electron chi connectivity index (χ4n) is 1.81. The van der Waals surface area contributed by atoms with E-state index in [0.29, 0.717) is 17.1 Å². The van der Waals surface area contributed by atoms with Crippen molar-refractivity contribution in [2.24, 2.45) is 5.92 Å². The number of carbonyl (C=O) groups is 2. The molecule has 0 fully saturated rings. The van der Waals surface area contributed by atoms with Gasteiger partial charge in [-0.1, -0.05) is 13.8 Å². The van der Waals surface area contributed by atoms with Gasteiger partial charge >= 0.3 is 0 Å². The Hall–Kier alpha value is -2.82. The number of anilines is 2. The van der Waals surface area contributed by atoms with E-state index in [0.717, 1.165) is 5.76 Å². The zero-order chi connectivity index (χ0) is 16.8. The first-order valence-electron chi connectivity index (χ1n) is 7.40. The highest BCUT2D eigenvalue weighted by molar-refractivity contribution is 6.02. The van der Waals surface area contributed by atoms with Crippen molar-refractivity contribution in [2.45, 2.75) is 20.8 Å². The summed E-state index contributed by atoms with van der Waals surface area (Å²) in [6.45, 7) is 5.50. The van der Waals surface area contributed by atoms with Gasteiger partial charge in [-0.3, -0.25) is 9.59 Å². The van der Waals surface area contributed by atoms with E-state index in [9.17, 15) is 9.59 Å². The van der Waals surface area contributed by atoms with Crippen molar-refractivity contribution in [3.63, 3.8) is 0 Å². The van der Waals surface area contributed by atoms with Crippen LogP contribution in [-0.2, 0) is 9.59 Å². The van der Waals surface area contributed by atoms with Crippen LogP contribution >= 0.6 is 0 Å². The van der Waals surface area contributed by atoms with Gasteiger partial charge in [-0.15, -0.1) is 0 Å². The minimum atomic E-state index is -0.252. The van der Waals surface area contributed by atoms with Gasteiger partial charge in [0.2, 0.25) is 11.8 Å². The summed E-state index contributed by atoms with van der Waals surface area (Å²) in [5.74, 6) is 1.05. The number of carbonyl (C=O) groups excluding carboxylic acids is 2. The van der Waals surface area contributed by atoms with Crippen molar-refractivity contribution < 1.29 is 14.0 Å². The molecule has 1 heterocycles. The first-order chi connectivity index (χ1) is 10.9. The molecule has 0 atom stereocenters.